The Kier molecular flexibility index (Phi) is 4.14. The summed E-state index contributed by atoms with van der Waals surface area (Å²) in [6.07, 6.45) is -4.20. The molecule has 0 saturated heterocycles. The first-order valence-corrected chi connectivity index (χ1v) is 5.22. The molecule has 0 amide bonds. The van der Waals surface area contributed by atoms with Crippen LogP contribution in [-0.4, -0.2) is 15.3 Å². The third-order valence-corrected chi connectivity index (χ3v) is 2.32. The van der Waals surface area contributed by atoms with Gasteiger partial charge in [-0.05, 0) is 13.3 Å². The van der Waals surface area contributed by atoms with E-state index in [9.17, 15) is 22.8 Å². The van der Waals surface area contributed by atoms with Gasteiger partial charge in [-0.1, -0.05) is 0 Å². The summed E-state index contributed by atoms with van der Waals surface area (Å²) in [4.78, 5) is 23.0. The van der Waals surface area contributed by atoms with E-state index < -0.39 is 23.8 Å². The number of hydrogen-bond donors (Lipinski definition) is 0. The Morgan fingerprint density at radius 1 is 1.29 bits per heavy atom. The van der Waals surface area contributed by atoms with Crippen LogP contribution in [0, 0.1) is 0 Å². The lowest BCUT2D eigenvalue weighted by Gasteiger charge is -2.09. The molecule has 0 aliphatic heterocycles. The zero-order valence-corrected chi connectivity index (χ0v) is 9.33. The van der Waals surface area contributed by atoms with Gasteiger partial charge in [0.15, 0.2) is 0 Å². The predicted octanol–water partition coefficient (Wildman–Crippen LogP) is 1.37. The quantitative estimate of drug-likeness (QED) is 0.810. The van der Waals surface area contributed by atoms with Crippen molar-refractivity contribution >= 4 is 0 Å². The Hall–Kier alpha value is -1.53. The van der Waals surface area contributed by atoms with Crippen LogP contribution in [0.2, 0.25) is 0 Å². The minimum Gasteiger partial charge on any atom is -0.301 e. The highest BCUT2D eigenvalue weighted by molar-refractivity contribution is 4.86. The average molecular weight is 250 g/mol. The zero-order chi connectivity index (χ0) is 13.1. The number of hydrogen-bond acceptors (Lipinski definition) is 2. The summed E-state index contributed by atoms with van der Waals surface area (Å²) in [5.74, 6) is 0. The maximum atomic E-state index is 11.9. The van der Waals surface area contributed by atoms with Crippen molar-refractivity contribution in [3.8, 4) is 0 Å². The molecule has 0 aliphatic carbocycles. The minimum atomic E-state index is -4.26. The molecule has 0 aliphatic rings. The highest BCUT2D eigenvalue weighted by Crippen LogP contribution is 2.21. The monoisotopic (exact) mass is 250 g/mol. The van der Waals surface area contributed by atoms with Crippen LogP contribution in [0.5, 0.6) is 0 Å². The normalized spacial score (nSPS) is 11.8. The van der Waals surface area contributed by atoms with Gasteiger partial charge in [0.2, 0.25) is 0 Å². The lowest BCUT2D eigenvalue weighted by atomic mass is 10.3. The first-order valence-electron chi connectivity index (χ1n) is 5.22. The molecule has 7 heteroatoms. The smallest absolute Gasteiger partial charge is 0.301 e. The number of halogens is 3. The Bertz CT molecular complexity index is 488. The Morgan fingerprint density at radius 3 is 2.47 bits per heavy atom. The third-order valence-electron chi connectivity index (χ3n) is 2.32. The van der Waals surface area contributed by atoms with Crippen LogP contribution in [-0.2, 0) is 13.1 Å². The molecule has 0 atom stereocenters. The van der Waals surface area contributed by atoms with Crippen LogP contribution in [0.4, 0.5) is 13.2 Å². The van der Waals surface area contributed by atoms with Gasteiger partial charge in [0.1, 0.15) is 0 Å². The minimum absolute atomic E-state index is 0.210. The molecule has 0 bridgehead atoms. The summed E-state index contributed by atoms with van der Waals surface area (Å²) in [5.41, 5.74) is -1.14. The molecule has 1 rings (SSSR count). The highest BCUT2D eigenvalue weighted by atomic mass is 19.4. The second-order valence-electron chi connectivity index (χ2n) is 3.59. The number of aromatic nitrogens is 2. The van der Waals surface area contributed by atoms with E-state index in [0.717, 1.165) is 4.57 Å². The first-order chi connectivity index (χ1) is 7.85. The lowest BCUT2D eigenvalue weighted by molar-refractivity contribution is -0.136. The lowest BCUT2D eigenvalue weighted by Crippen LogP contribution is -2.38. The van der Waals surface area contributed by atoms with Crippen molar-refractivity contribution in [1.82, 2.24) is 9.13 Å². The van der Waals surface area contributed by atoms with E-state index in [1.165, 1.54) is 16.8 Å². The molecular formula is C10H13F3N2O2. The summed E-state index contributed by atoms with van der Waals surface area (Å²) >= 11 is 0. The van der Waals surface area contributed by atoms with Crippen molar-refractivity contribution in [3.05, 3.63) is 33.1 Å². The number of nitrogens with zero attached hydrogens (tertiary/aromatic N) is 2. The zero-order valence-electron chi connectivity index (χ0n) is 9.33. The van der Waals surface area contributed by atoms with Crippen LogP contribution in [0.1, 0.15) is 19.8 Å². The largest absolute Gasteiger partial charge is 0.389 e. The van der Waals surface area contributed by atoms with Crippen molar-refractivity contribution in [1.29, 1.82) is 0 Å². The third kappa shape index (κ3) is 3.76. The van der Waals surface area contributed by atoms with E-state index in [4.69, 9.17) is 0 Å². The van der Waals surface area contributed by atoms with Gasteiger partial charge in [-0.3, -0.25) is 9.36 Å². The number of rotatable bonds is 4. The molecule has 1 heterocycles. The molecule has 0 fully saturated rings. The second-order valence-corrected chi connectivity index (χ2v) is 3.59. The molecule has 17 heavy (non-hydrogen) atoms. The van der Waals surface area contributed by atoms with Gasteiger partial charge in [0.25, 0.3) is 5.56 Å². The fraction of sp³-hybridized carbons (Fsp3) is 0.600. The van der Waals surface area contributed by atoms with Crippen molar-refractivity contribution in [2.45, 2.75) is 39.0 Å². The summed E-state index contributed by atoms with van der Waals surface area (Å²) in [6, 6.07) is 1.18. The van der Waals surface area contributed by atoms with Crippen molar-refractivity contribution < 1.29 is 13.2 Å². The molecule has 0 radical (unpaired) electrons. The van der Waals surface area contributed by atoms with Gasteiger partial charge < -0.3 is 4.57 Å². The fourth-order valence-corrected chi connectivity index (χ4v) is 1.44. The van der Waals surface area contributed by atoms with E-state index in [1.807, 2.05) is 0 Å². The molecule has 1 aromatic rings. The van der Waals surface area contributed by atoms with Crippen LogP contribution >= 0.6 is 0 Å². The molecule has 0 N–H and O–H groups in total. The van der Waals surface area contributed by atoms with E-state index in [2.05, 4.69) is 0 Å². The molecule has 0 saturated carbocycles. The Morgan fingerprint density at radius 2 is 1.94 bits per heavy atom. The maximum absolute atomic E-state index is 11.9. The van der Waals surface area contributed by atoms with Crippen LogP contribution in [0.25, 0.3) is 0 Å². The van der Waals surface area contributed by atoms with Gasteiger partial charge in [-0.25, -0.2) is 4.79 Å². The van der Waals surface area contributed by atoms with Crippen molar-refractivity contribution in [2.75, 3.05) is 0 Å². The van der Waals surface area contributed by atoms with Gasteiger partial charge in [0, 0.05) is 31.8 Å². The predicted molar refractivity (Wildman–Crippen MR) is 55.9 cm³/mol. The van der Waals surface area contributed by atoms with E-state index in [1.54, 1.807) is 6.92 Å². The van der Waals surface area contributed by atoms with Gasteiger partial charge >= 0.3 is 11.9 Å². The standard InChI is InChI=1S/C10H13F3N2O2/c1-2-14-7-4-8(16)15(9(14)17)6-3-5-10(11,12)13/h4,7H,2-3,5-6H2,1H3. The number of alkyl halides is 3. The molecule has 1 aromatic heterocycles. The SMILES string of the molecule is CCn1ccc(=O)n(CCCC(F)(F)F)c1=O. The first kappa shape index (κ1) is 13.5. The fourth-order valence-electron chi connectivity index (χ4n) is 1.44. The number of aryl methyl sites for hydroxylation is 1. The van der Waals surface area contributed by atoms with Crippen molar-refractivity contribution in [2.24, 2.45) is 0 Å². The van der Waals surface area contributed by atoms with Crippen molar-refractivity contribution in [3.63, 3.8) is 0 Å². The molecule has 0 unspecified atom stereocenters. The molecular weight excluding hydrogens is 237 g/mol. The average Bonchev–Trinajstić information content (AvgIpc) is 2.21. The molecule has 4 nitrogen and oxygen atoms in total. The van der Waals surface area contributed by atoms with Gasteiger partial charge in [0.05, 0.1) is 0 Å². The van der Waals surface area contributed by atoms with Crippen LogP contribution in [0.15, 0.2) is 21.9 Å². The Balaban J connectivity index is 2.84. The topological polar surface area (TPSA) is 44.0 Å². The van der Waals surface area contributed by atoms with E-state index in [-0.39, 0.29) is 13.0 Å². The maximum Gasteiger partial charge on any atom is 0.389 e. The molecule has 0 aromatic carbocycles. The Labute approximate surface area is 95.3 Å². The highest BCUT2D eigenvalue weighted by Gasteiger charge is 2.26. The second kappa shape index (κ2) is 5.20. The van der Waals surface area contributed by atoms with Crippen LogP contribution in [0.3, 0.4) is 0 Å². The van der Waals surface area contributed by atoms with E-state index >= 15 is 0 Å². The summed E-state index contributed by atoms with van der Waals surface area (Å²) in [6.45, 7) is 1.88. The summed E-state index contributed by atoms with van der Waals surface area (Å²) in [7, 11) is 0. The van der Waals surface area contributed by atoms with Crippen LogP contribution < -0.4 is 11.2 Å². The van der Waals surface area contributed by atoms with Gasteiger partial charge in [-0.2, -0.15) is 13.2 Å². The molecule has 0 spiro atoms. The summed E-state index contributed by atoms with van der Waals surface area (Å²) < 4.78 is 37.9. The van der Waals surface area contributed by atoms with E-state index in [0.29, 0.717) is 6.54 Å². The molecule has 96 valence electrons. The van der Waals surface area contributed by atoms with Gasteiger partial charge in [-0.15, -0.1) is 0 Å². The summed E-state index contributed by atoms with van der Waals surface area (Å²) in [5, 5.41) is 0.